The van der Waals surface area contributed by atoms with Gasteiger partial charge in [-0.25, -0.2) is 0 Å². The lowest BCUT2D eigenvalue weighted by atomic mass is 9.24. The summed E-state index contributed by atoms with van der Waals surface area (Å²) in [6.45, 7) is 20.7. The predicted molar refractivity (Wildman–Crippen MR) is 204 cm³/mol. The van der Waals surface area contributed by atoms with Crippen LogP contribution in [0.3, 0.4) is 0 Å². The Morgan fingerprint density at radius 2 is 1.27 bits per heavy atom. The molecule has 2 fully saturated rings. The molecule has 0 amide bonds. The number of rotatable bonds is 3. The molecule has 2 saturated carbocycles. The third kappa shape index (κ3) is 3.34. The summed E-state index contributed by atoms with van der Waals surface area (Å²) in [4.78, 5) is 0. The standard InChI is InChI=1S/C47H49Cl/c1-32-39(33-21-12-13-22-33)38(40(34-19-10-9-11-20-34)35-23-18-24-37(48)29-35)30-36-31-45(6)43(4)27-15-14-25-41(43,2)42(3)26-16-17-28-44(42,5)47(45,8)46(32,36)7/h9-21,23-30H,22,31H2,1-8H3. The van der Waals surface area contributed by atoms with Crippen LogP contribution in [0.1, 0.15) is 79.4 Å². The molecule has 48 heavy (non-hydrogen) atoms. The molecule has 1 heteroatoms. The topological polar surface area (TPSA) is 0 Å². The van der Waals surface area contributed by atoms with E-state index in [-0.39, 0.29) is 37.9 Å². The highest BCUT2D eigenvalue weighted by atomic mass is 35.5. The SMILES string of the molecule is CC1=C(C2=CC=CC2)C(=C(c2ccccc2)c2cccc(Cl)c2)C=C2CC3(C)C4(C)C=CC=CC4(C)C4(C)C=CC=CC4(C)C3(C)C21C. The molecule has 0 spiro atoms. The summed E-state index contributed by atoms with van der Waals surface area (Å²) < 4.78 is 0. The van der Waals surface area contributed by atoms with E-state index in [1.165, 1.54) is 33.4 Å². The number of hydrogen-bond donors (Lipinski definition) is 0. The summed E-state index contributed by atoms with van der Waals surface area (Å²) in [6, 6.07) is 19.4. The lowest BCUT2D eigenvalue weighted by molar-refractivity contribution is -0.261. The van der Waals surface area contributed by atoms with E-state index < -0.39 is 0 Å². The van der Waals surface area contributed by atoms with E-state index in [0.29, 0.717) is 0 Å². The molecule has 0 aliphatic heterocycles. The molecule has 0 bridgehead atoms. The first-order chi connectivity index (χ1) is 22.7. The Morgan fingerprint density at radius 3 is 1.90 bits per heavy atom. The molecular formula is C47H49Cl. The molecule has 2 aromatic rings. The summed E-state index contributed by atoms with van der Waals surface area (Å²) in [5, 5.41) is 0.763. The van der Waals surface area contributed by atoms with Crippen LogP contribution in [0.15, 0.2) is 155 Å². The van der Waals surface area contributed by atoms with Crippen molar-refractivity contribution in [1.29, 1.82) is 0 Å². The normalized spacial score (nSPS) is 41.4. The van der Waals surface area contributed by atoms with E-state index in [0.717, 1.165) is 23.4 Å². The summed E-state index contributed by atoms with van der Waals surface area (Å²) in [5.74, 6) is 0. The van der Waals surface area contributed by atoms with Gasteiger partial charge in [-0.2, -0.15) is 0 Å². The number of fused-ring (bicyclic) bond motifs is 8. The molecule has 2 aromatic carbocycles. The zero-order chi connectivity index (χ0) is 34.0. The van der Waals surface area contributed by atoms with Gasteiger partial charge in [-0.1, -0.05) is 187 Å². The van der Waals surface area contributed by atoms with Crippen molar-refractivity contribution in [2.24, 2.45) is 37.9 Å². The second kappa shape index (κ2) is 9.98. The van der Waals surface area contributed by atoms with E-state index in [4.69, 9.17) is 11.6 Å². The van der Waals surface area contributed by atoms with E-state index in [2.05, 4.69) is 177 Å². The van der Waals surface area contributed by atoms with Crippen molar-refractivity contribution in [3.05, 3.63) is 172 Å². The second-order valence-corrected chi connectivity index (χ2v) is 17.1. The molecule has 0 heterocycles. The van der Waals surface area contributed by atoms with Crippen LogP contribution in [0.5, 0.6) is 0 Å². The molecule has 7 unspecified atom stereocenters. The van der Waals surface area contributed by atoms with E-state index in [9.17, 15) is 0 Å². The predicted octanol–water partition coefficient (Wildman–Crippen LogP) is 13.0. The van der Waals surface area contributed by atoms with Crippen LogP contribution in [-0.4, -0.2) is 0 Å². The quantitative estimate of drug-likeness (QED) is 0.311. The molecule has 7 atom stereocenters. The van der Waals surface area contributed by atoms with Gasteiger partial charge < -0.3 is 0 Å². The van der Waals surface area contributed by atoms with Crippen LogP contribution in [0.4, 0.5) is 0 Å². The minimum Gasteiger partial charge on any atom is -0.0843 e. The highest BCUT2D eigenvalue weighted by Crippen LogP contribution is 2.90. The van der Waals surface area contributed by atoms with Gasteiger partial charge in [0.15, 0.2) is 0 Å². The fourth-order valence-corrected chi connectivity index (χ4v) is 12.6. The minimum atomic E-state index is -0.189. The van der Waals surface area contributed by atoms with Gasteiger partial charge in [-0.3, -0.25) is 0 Å². The van der Waals surface area contributed by atoms with Crippen molar-refractivity contribution in [2.75, 3.05) is 0 Å². The van der Waals surface area contributed by atoms with Crippen molar-refractivity contribution in [2.45, 2.75) is 68.2 Å². The van der Waals surface area contributed by atoms with Crippen molar-refractivity contribution in [3.8, 4) is 0 Å². The highest BCUT2D eigenvalue weighted by molar-refractivity contribution is 6.30. The molecule has 6 aliphatic carbocycles. The highest BCUT2D eigenvalue weighted by Gasteiger charge is 2.84. The van der Waals surface area contributed by atoms with Crippen LogP contribution >= 0.6 is 11.6 Å². The maximum Gasteiger partial charge on any atom is 0.0412 e. The van der Waals surface area contributed by atoms with Gasteiger partial charge in [0, 0.05) is 32.1 Å². The van der Waals surface area contributed by atoms with Gasteiger partial charge in [0.05, 0.1) is 0 Å². The van der Waals surface area contributed by atoms with Gasteiger partial charge in [0.1, 0.15) is 0 Å². The summed E-state index contributed by atoms with van der Waals surface area (Å²) in [7, 11) is 0. The molecular weight excluding hydrogens is 600 g/mol. The second-order valence-electron chi connectivity index (χ2n) is 16.7. The molecule has 6 aliphatic rings. The third-order valence-corrected chi connectivity index (χ3v) is 16.1. The minimum absolute atomic E-state index is 0.0620. The molecule has 0 N–H and O–H groups in total. The first-order valence-electron chi connectivity index (χ1n) is 17.8. The Bertz CT molecular complexity index is 2040. The van der Waals surface area contributed by atoms with Gasteiger partial charge in [-0.05, 0) is 76.1 Å². The first-order valence-corrected chi connectivity index (χ1v) is 18.2. The van der Waals surface area contributed by atoms with Crippen molar-refractivity contribution in [1.82, 2.24) is 0 Å². The number of benzene rings is 2. The van der Waals surface area contributed by atoms with Crippen molar-refractivity contribution in [3.63, 3.8) is 0 Å². The van der Waals surface area contributed by atoms with Crippen LogP contribution in [0, 0.1) is 37.9 Å². The van der Waals surface area contributed by atoms with E-state index in [1.807, 2.05) is 6.07 Å². The number of allylic oxidation sites excluding steroid dienone is 17. The lowest BCUT2D eigenvalue weighted by Gasteiger charge is -2.79. The van der Waals surface area contributed by atoms with Crippen LogP contribution < -0.4 is 0 Å². The average molecular weight is 649 g/mol. The zero-order valence-electron chi connectivity index (χ0n) is 29.9. The summed E-state index contributed by atoms with van der Waals surface area (Å²) in [6.07, 6.45) is 31.2. The van der Waals surface area contributed by atoms with Crippen molar-refractivity contribution < 1.29 is 0 Å². The number of hydrogen-bond acceptors (Lipinski definition) is 0. The molecule has 0 radical (unpaired) electrons. The Balaban J connectivity index is 1.51. The summed E-state index contributed by atoms with van der Waals surface area (Å²) >= 11 is 6.73. The smallest absolute Gasteiger partial charge is 0.0412 e. The van der Waals surface area contributed by atoms with Gasteiger partial charge in [-0.15, -0.1) is 0 Å². The Hall–Kier alpha value is -3.61. The Labute approximate surface area is 293 Å². The third-order valence-electron chi connectivity index (χ3n) is 15.9. The fraction of sp³-hybridized carbons (Fsp3) is 0.362. The fourth-order valence-electron chi connectivity index (χ4n) is 12.4. The molecule has 0 nitrogen and oxygen atoms in total. The molecule has 0 saturated heterocycles. The average Bonchev–Trinajstić information content (AvgIpc) is 3.66. The molecule has 8 rings (SSSR count). The van der Waals surface area contributed by atoms with Gasteiger partial charge >= 0.3 is 0 Å². The van der Waals surface area contributed by atoms with Gasteiger partial charge in [0.2, 0.25) is 0 Å². The van der Waals surface area contributed by atoms with Gasteiger partial charge in [0.25, 0.3) is 0 Å². The van der Waals surface area contributed by atoms with E-state index in [1.54, 1.807) is 5.57 Å². The molecule has 0 aromatic heterocycles. The maximum absolute atomic E-state index is 6.73. The molecule has 244 valence electrons. The lowest BCUT2D eigenvalue weighted by Crippen LogP contribution is -2.74. The maximum atomic E-state index is 6.73. The monoisotopic (exact) mass is 648 g/mol. The van der Waals surface area contributed by atoms with E-state index >= 15 is 0 Å². The van der Waals surface area contributed by atoms with Crippen LogP contribution in [0.2, 0.25) is 5.02 Å². The number of halogens is 1. The first kappa shape index (κ1) is 31.6. The van der Waals surface area contributed by atoms with Crippen molar-refractivity contribution >= 4 is 17.2 Å². The Kier molecular flexibility index (Phi) is 6.58. The van der Waals surface area contributed by atoms with Crippen LogP contribution in [0.25, 0.3) is 5.57 Å². The summed E-state index contributed by atoms with van der Waals surface area (Å²) in [5.41, 5.74) is 10.0. The largest absolute Gasteiger partial charge is 0.0843 e. The Morgan fingerprint density at radius 1 is 0.667 bits per heavy atom. The zero-order valence-corrected chi connectivity index (χ0v) is 30.7. The van der Waals surface area contributed by atoms with Crippen LogP contribution in [-0.2, 0) is 0 Å².